The predicted molar refractivity (Wildman–Crippen MR) is 79.0 cm³/mol. The van der Waals surface area contributed by atoms with Crippen LogP contribution < -0.4 is 15.4 Å². The minimum absolute atomic E-state index is 0.217. The van der Waals surface area contributed by atoms with E-state index in [4.69, 9.17) is 10.5 Å². The first-order chi connectivity index (χ1) is 9.74. The number of anilines is 2. The molecule has 0 saturated carbocycles. The van der Waals surface area contributed by atoms with Crippen molar-refractivity contribution in [3.05, 3.63) is 18.2 Å². The molecular weight excluding hydrogens is 254 g/mol. The Morgan fingerprint density at radius 2 is 2.00 bits per heavy atom. The molecule has 20 heavy (non-hydrogen) atoms. The maximum Gasteiger partial charge on any atom is 0.242 e. The lowest BCUT2D eigenvalue weighted by Gasteiger charge is -2.34. The van der Waals surface area contributed by atoms with Crippen molar-refractivity contribution in [1.82, 2.24) is 4.90 Å². The average Bonchev–Trinajstić information content (AvgIpc) is 2.48. The zero-order valence-electron chi connectivity index (χ0n) is 11.7. The van der Waals surface area contributed by atoms with E-state index in [9.17, 15) is 4.79 Å². The van der Waals surface area contributed by atoms with Crippen molar-refractivity contribution < 1.29 is 9.53 Å². The SMILES string of the molecule is Nc1ccc2c(c1)OCCN2CC(=O)N1CCCCC1. The molecule has 1 fully saturated rings. The highest BCUT2D eigenvalue weighted by molar-refractivity contribution is 5.82. The van der Waals surface area contributed by atoms with Crippen molar-refractivity contribution in [1.29, 1.82) is 0 Å². The molecule has 0 bridgehead atoms. The lowest BCUT2D eigenvalue weighted by Crippen LogP contribution is -2.45. The third-order valence-electron chi connectivity index (χ3n) is 3.98. The van der Waals surface area contributed by atoms with Crippen molar-refractivity contribution in [2.75, 3.05) is 43.4 Å². The number of hydrogen-bond donors (Lipinski definition) is 1. The normalized spacial score (nSPS) is 18.4. The topological polar surface area (TPSA) is 58.8 Å². The molecule has 2 N–H and O–H groups in total. The molecule has 3 rings (SSSR count). The fourth-order valence-electron chi connectivity index (χ4n) is 2.86. The Labute approximate surface area is 119 Å². The summed E-state index contributed by atoms with van der Waals surface area (Å²) in [5, 5.41) is 0. The highest BCUT2D eigenvalue weighted by Gasteiger charge is 2.23. The molecule has 2 aliphatic rings. The second kappa shape index (κ2) is 5.61. The highest BCUT2D eigenvalue weighted by Crippen LogP contribution is 2.33. The van der Waals surface area contributed by atoms with E-state index in [-0.39, 0.29) is 5.91 Å². The molecule has 0 aliphatic carbocycles. The molecule has 2 aliphatic heterocycles. The van der Waals surface area contributed by atoms with Gasteiger partial charge in [-0.15, -0.1) is 0 Å². The van der Waals surface area contributed by atoms with Crippen LogP contribution in [-0.2, 0) is 4.79 Å². The van der Waals surface area contributed by atoms with Crippen LogP contribution in [0.15, 0.2) is 18.2 Å². The summed E-state index contributed by atoms with van der Waals surface area (Å²) in [6.45, 7) is 3.58. The summed E-state index contributed by atoms with van der Waals surface area (Å²) in [5.41, 5.74) is 7.43. The first kappa shape index (κ1) is 13.1. The number of nitrogens with zero attached hydrogens (tertiary/aromatic N) is 2. The summed E-state index contributed by atoms with van der Waals surface area (Å²) >= 11 is 0. The smallest absolute Gasteiger partial charge is 0.242 e. The number of carbonyl (C=O) groups is 1. The molecule has 1 aromatic carbocycles. The number of rotatable bonds is 2. The molecule has 1 saturated heterocycles. The second-order valence-corrected chi connectivity index (χ2v) is 5.44. The first-order valence-electron chi connectivity index (χ1n) is 7.29. The third-order valence-corrected chi connectivity index (χ3v) is 3.98. The van der Waals surface area contributed by atoms with Crippen LogP contribution in [0.3, 0.4) is 0 Å². The van der Waals surface area contributed by atoms with E-state index in [0.29, 0.717) is 18.8 Å². The summed E-state index contributed by atoms with van der Waals surface area (Å²) < 4.78 is 5.62. The van der Waals surface area contributed by atoms with Gasteiger partial charge in [-0.1, -0.05) is 0 Å². The molecule has 0 aromatic heterocycles. The minimum atomic E-state index is 0.217. The maximum absolute atomic E-state index is 12.4. The number of nitrogens with two attached hydrogens (primary N) is 1. The number of fused-ring (bicyclic) bond motifs is 1. The van der Waals surface area contributed by atoms with Gasteiger partial charge in [0, 0.05) is 24.8 Å². The number of benzene rings is 1. The van der Waals surface area contributed by atoms with E-state index in [1.54, 1.807) is 0 Å². The van der Waals surface area contributed by atoms with Crippen LogP contribution in [0.25, 0.3) is 0 Å². The number of piperidine rings is 1. The quantitative estimate of drug-likeness (QED) is 0.831. The first-order valence-corrected chi connectivity index (χ1v) is 7.29. The van der Waals surface area contributed by atoms with E-state index < -0.39 is 0 Å². The monoisotopic (exact) mass is 275 g/mol. The maximum atomic E-state index is 12.4. The third kappa shape index (κ3) is 2.66. The molecule has 2 heterocycles. The fourth-order valence-corrected chi connectivity index (χ4v) is 2.86. The van der Waals surface area contributed by atoms with Crippen molar-refractivity contribution in [3.63, 3.8) is 0 Å². The predicted octanol–water partition coefficient (Wildman–Crippen LogP) is 1.48. The summed E-state index contributed by atoms with van der Waals surface area (Å²) in [4.78, 5) is 16.4. The molecule has 1 aromatic rings. The van der Waals surface area contributed by atoms with Crippen LogP contribution in [0.5, 0.6) is 5.75 Å². The van der Waals surface area contributed by atoms with Crippen LogP contribution >= 0.6 is 0 Å². The average molecular weight is 275 g/mol. The number of amides is 1. The van der Waals surface area contributed by atoms with Gasteiger partial charge < -0.3 is 20.3 Å². The van der Waals surface area contributed by atoms with Gasteiger partial charge in [-0.2, -0.15) is 0 Å². The van der Waals surface area contributed by atoms with Crippen LogP contribution in [0.1, 0.15) is 19.3 Å². The number of carbonyl (C=O) groups excluding carboxylic acids is 1. The zero-order valence-corrected chi connectivity index (χ0v) is 11.7. The second-order valence-electron chi connectivity index (χ2n) is 5.44. The fraction of sp³-hybridized carbons (Fsp3) is 0.533. The Morgan fingerprint density at radius 1 is 1.20 bits per heavy atom. The highest BCUT2D eigenvalue weighted by atomic mass is 16.5. The van der Waals surface area contributed by atoms with Crippen LogP contribution in [0.4, 0.5) is 11.4 Å². The van der Waals surface area contributed by atoms with Gasteiger partial charge in [0.25, 0.3) is 0 Å². The van der Waals surface area contributed by atoms with Crippen molar-refractivity contribution in [3.8, 4) is 5.75 Å². The van der Waals surface area contributed by atoms with Crippen LogP contribution in [0.2, 0.25) is 0 Å². The Hall–Kier alpha value is -1.91. The summed E-state index contributed by atoms with van der Waals surface area (Å²) in [6, 6.07) is 5.62. The van der Waals surface area contributed by atoms with E-state index in [0.717, 1.165) is 43.9 Å². The Balaban J connectivity index is 1.71. The molecule has 0 spiro atoms. The van der Waals surface area contributed by atoms with Gasteiger partial charge in [0.2, 0.25) is 5.91 Å². The number of ether oxygens (including phenoxy) is 1. The van der Waals surface area contributed by atoms with E-state index in [1.807, 2.05) is 23.1 Å². The van der Waals surface area contributed by atoms with Crippen LogP contribution in [0, 0.1) is 0 Å². The zero-order chi connectivity index (χ0) is 13.9. The van der Waals surface area contributed by atoms with Gasteiger partial charge in [0.15, 0.2) is 0 Å². The molecule has 108 valence electrons. The molecule has 5 nitrogen and oxygen atoms in total. The lowest BCUT2D eigenvalue weighted by atomic mass is 10.1. The minimum Gasteiger partial charge on any atom is -0.489 e. The number of nitrogen functional groups attached to an aromatic ring is 1. The van der Waals surface area contributed by atoms with E-state index in [2.05, 4.69) is 4.90 Å². The Bertz CT molecular complexity index is 498. The Morgan fingerprint density at radius 3 is 2.80 bits per heavy atom. The molecule has 5 heteroatoms. The van der Waals surface area contributed by atoms with Crippen molar-refractivity contribution in [2.24, 2.45) is 0 Å². The van der Waals surface area contributed by atoms with Gasteiger partial charge in [-0.05, 0) is 31.4 Å². The summed E-state index contributed by atoms with van der Waals surface area (Å²) in [5.74, 6) is 0.997. The van der Waals surface area contributed by atoms with E-state index >= 15 is 0 Å². The Kier molecular flexibility index (Phi) is 3.67. The van der Waals surface area contributed by atoms with E-state index in [1.165, 1.54) is 6.42 Å². The van der Waals surface area contributed by atoms with Gasteiger partial charge in [-0.3, -0.25) is 4.79 Å². The summed E-state index contributed by atoms with van der Waals surface area (Å²) in [7, 11) is 0. The van der Waals surface area contributed by atoms with Crippen LogP contribution in [-0.4, -0.2) is 43.6 Å². The van der Waals surface area contributed by atoms with Gasteiger partial charge in [0.05, 0.1) is 18.8 Å². The van der Waals surface area contributed by atoms with Gasteiger partial charge in [0.1, 0.15) is 12.4 Å². The standard InChI is InChI=1S/C15H21N3O2/c16-12-4-5-13-14(10-12)20-9-8-18(13)11-15(19)17-6-2-1-3-7-17/h4-5,10H,1-3,6-9,11,16H2. The summed E-state index contributed by atoms with van der Waals surface area (Å²) in [6.07, 6.45) is 3.49. The lowest BCUT2D eigenvalue weighted by molar-refractivity contribution is -0.130. The van der Waals surface area contributed by atoms with Crippen molar-refractivity contribution >= 4 is 17.3 Å². The molecule has 1 amide bonds. The molecule has 0 atom stereocenters. The number of likely N-dealkylation sites (tertiary alicyclic amines) is 1. The largest absolute Gasteiger partial charge is 0.489 e. The van der Waals surface area contributed by atoms with Gasteiger partial charge in [-0.25, -0.2) is 0 Å². The van der Waals surface area contributed by atoms with Gasteiger partial charge >= 0.3 is 0 Å². The number of hydrogen-bond acceptors (Lipinski definition) is 4. The molecule has 0 radical (unpaired) electrons. The molecule has 0 unspecified atom stereocenters. The molecular formula is C15H21N3O2. The van der Waals surface area contributed by atoms with Crippen molar-refractivity contribution in [2.45, 2.75) is 19.3 Å².